The topological polar surface area (TPSA) is 181 Å². The van der Waals surface area contributed by atoms with Crippen LogP contribution in [0.4, 0.5) is 0 Å². The zero-order chi connectivity index (χ0) is 46.3. The molecule has 0 aromatic heterocycles. The monoisotopic (exact) mass is 912 g/mol. The Balaban J connectivity index is -0.00000101. The molecule has 2 unspecified atom stereocenters. The van der Waals surface area contributed by atoms with E-state index in [0.29, 0.717) is 64.4 Å². The Morgan fingerprint density at radius 3 is 1.28 bits per heavy atom. The highest BCUT2D eigenvalue weighted by Gasteiger charge is 2.37. The van der Waals surface area contributed by atoms with Gasteiger partial charge < -0.3 is 51.0 Å². The summed E-state index contributed by atoms with van der Waals surface area (Å²) in [6, 6.07) is 1.35. The van der Waals surface area contributed by atoms with E-state index in [1.807, 2.05) is 0 Å². The summed E-state index contributed by atoms with van der Waals surface area (Å²) in [7, 11) is 4.49. The number of hydrogen-bond acceptors (Lipinski definition) is 14. The van der Waals surface area contributed by atoms with Crippen molar-refractivity contribution in [3.8, 4) is 6.26 Å². The van der Waals surface area contributed by atoms with Gasteiger partial charge in [-0.25, -0.2) is 0 Å². The van der Waals surface area contributed by atoms with Crippen molar-refractivity contribution in [1.82, 2.24) is 0 Å². The summed E-state index contributed by atoms with van der Waals surface area (Å²) in [6.45, 7) is 8.73. The molecule has 2 atom stereocenters. The molecule has 0 aromatic carbocycles. The molecule has 0 saturated carbocycles. The lowest BCUT2D eigenvalue weighted by Crippen LogP contribution is -2.42. The highest BCUT2D eigenvalue weighted by atomic mass is 28.4. The minimum absolute atomic E-state index is 0.0486. The molecule has 0 aliphatic rings. The number of nitriles is 1. The molecule has 0 aliphatic heterocycles. The van der Waals surface area contributed by atoms with Crippen molar-refractivity contribution in [2.24, 2.45) is 11.8 Å². The average Bonchev–Trinajstić information content (AvgIpc) is 3.28. The summed E-state index contributed by atoms with van der Waals surface area (Å²) in [5, 5.41) is 25.4. The minimum atomic E-state index is -2.54. The number of carbonyl (C=O) groups excluding carboxylic acids is 2. The molecule has 0 aliphatic carbocycles. The molecule has 0 rings (SSSR count). The van der Waals surface area contributed by atoms with Gasteiger partial charge in [-0.05, 0) is 69.6 Å². The third-order valence-electron chi connectivity index (χ3n) is 11.0. The first kappa shape index (κ1) is 63.6. The Bertz CT molecular complexity index is 968. The highest BCUT2D eigenvalue weighted by molar-refractivity contribution is 6.60. The van der Waals surface area contributed by atoms with Crippen LogP contribution in [-0.4, -0.2) is 115 Å². The van der Waals surface area contributed by atoms with Gasteiger partial charge in [-0.15, -0.1) is 0 Å². The van der Waals surface area contributed by atoms with Gasteiger partial charge >= 0.3 is 29.5 Å². The van der Waals surface area contributed by atoms with E-state index in [9.17, 15) is 9.59 Å². The number of rotatable bonds is 41. The van der Waals surface area contributed by atoms with Crippen LogP contribution in [0.5, 0.6) is 0 Å². The van der Waals surface area contributed by atoms with E-state index in [1.165, 1.54) is 51.4 Å². The third-order valence-corrected chi connectivity index (χ3v) is 16.7. The van der Waals surface area contributed by atoms with Crippen molar-refractivity contribution in [3.05, 3.63) is 0 Å². The standard InChI is InChI=1S/C26H52O7Si.C12H26O2.C7H15NO4Si/c1-6-8-10-19-25(27)32-21-14-9-11-17-24(7-2)18-12-15-22-33-26(28)20-13-16-23-34(29-3,30-4)31-5;1-2-12(9-5-7-11-14)8-4-3-6-10-13;1-9-13(10-2,11-3)6-4-5-12-7-8/h24H,6-23H2,1-5H3;12-14H,2-11H2,1H3;4-6H2,1-3H3. The number of esters is 2. The van der Waals surface area contributed by atoms with Crippen molar-refractivity contribution in [2.75, 3.05) is 75.7 Å². The number of ether oxygens (including phenoxy) is 3. The lowest BCUT2D eigenvalue weighted by atomic mass is 9.93. The molecule has 0 saturated heterocycles. The van der Waals surface area contributed by atoms with Crippen LogP contribution in [-0.2, 0) is 50.4 Å². The molecular weight excluding hydrogens is 819 g/mol. The highest BCUT2D eigenvalue weighted by Crippen LogP contribution is 2.22. The van der Waals surface area contributed by atoms with Crippen molar-refractivity contribution < 1.29 is 60.6 Å². The molecule has 0 bridgehead atoms. The van der Waals surface area contributed by atoms with E-state index >= 15 is 0 Å². The first-order chi connectivity index (χ1) is 29.6. The normalized spacial score (nSPS) is 12.3. The Morgan fingerprint density at radius 1 is 0.492 bits per heavy atom. The van der Waals surface area contributed by atoms with Crippen molar-refractivity contribution in [2.45, 2.75) is 187 Å². The summed E-state index contributed by atoms with van der Waals surface area (Å²) >= 11 is 0. The van der Waals surface area contributed by atoms with Gasteiger partial charge in [0, 0.05) is 80.8 Å². The van der Waals surface area contributed by atoms with Crippen LogP contribution in [0, 0.1) is 23.4 Å². The van der Waals surface area contributed by atoms with Gasteiger partial charge in [0.25, 0.3) is 6.26 Å². The zero-order valence-corrected chi connectivity index (χ0v) is 42.4. The predicted molar refractivity (Wildman–Crippen MR) is 246 cm³/mol. The summed E-state index contributed by atoms with van der Waals surface area (Å²) in [6.07, 6.45) is 26.1. The van der Waals surface area contributed by atoms with Crippen molar-refractivity contribution in [3.63, 3.8) is 0 Å². The van der Waals surface area contributed by atoms with Gasteiger partial charge in [0.1, 0.15) is 6.61 Å². The smallest absolute Gasteiger partial charge is 0.466 e. The molecule has 2 N–H and O–H groups in total. The van der Waals surface area contributed by atoms with Gasteiger partial charge in [-0.3, -0.25) is 9.59 Å². The van der Waals surface area contributed by atoms with Crippen LogP contribution in [0.3, 0.4) is 0 Å². The molecular formula is C45H93NO13Si2. The molecule has 0 fully saturated rings. The molecule has 0 spiro atoms. The second-order valence-electron chi connectivity index (χ2n) is 15.4. The van der Waals surface area contributed by atoms with Crippen LogP contribution in [0.1, 0.15) is 175 Å². The third kappa shape index (κ3) is 39.7. The van der Waals surface area contributed by atoms with E-state index in [2.05, 4.69) is 25.5 Å². The predicted octanol–water partition coefficient (Wildman–Crippen LogP) is 9.94. The van der Waals surface area contributed by atoms with Gasteiger partial charge in [-0.1, -0.05) is 104 Å². The fourth-order valence-electron chi connectivity index (χ4n) is 6.78. The summed E-state index contributed by atoms with van der Waals surface area (Å²) in [5.74, 6) is 1.38. The van der Waals surface area contributed by atoms with Crippen LogP contribution >= 0.6 is 0 Å². The number of aliphatic hydroxyl groups is 2. The first-order valence-corrected chi connectivity index (χ1v) is 27.3. The summed E-state index contributed by atoms with van der Waals surface area (Å²) in [4.78, 5) is 23.5. The van der Waals surface area contributed by atoms with Crippen LogP contribution in [0.25, 0.3) is 0 Å². The molecule has 0 amide bonds. The summed E-state index contributed by atoms with van der Waals surface area (Å²) < 4.78 is 46.9. The van der Waals surface area contributed by atoms with E-state index in [4.69, 9.17) is 51.5 Å². The van der Waals surface area contributed by atoms with E-state index in [0.717, 1.165) is 95.3 Å². The van der Waals surface area contributed by atoms with Gasteiger partial charge in [0.15, 0.2) is 0 Å². The van der Waals surface area contributed by atoms with Crippen molar-refractivity contribution >= 4 is 29.5 Å². The van der Waals surface area contributed by atoms with Crippen LogP contribution in [0.2, 0.25) is 12.1 Å². The van der Waals surface area contributed by atoms with E-state index < -0.39 is 17.6 Å². The van der Waals surface area contributed by atoms with Gasteiger partial charge in [-0.2, -0.15) is 5.26 Å². The Hall–Kier alpha value is -1.66. The van der Waals surface area contributed by atoms with E-state index in [-0.39, 0.29) is 11.9 Å². The average molecular weight is 912 g/mol. The number of carbonyl (C=O) groups is 2. The largest absolute Gasteiger partial charge is 0.500 e. The van der Waals surface area contributed by atoms with Gasteiger partial charge in [0.05, 0.1) is 13.2 Å². The van der Waals surface area contributed by atoms with E-state index in [1.54, 1.807) is 48.9 Å². The second kappa shape index (κ2) is 47.8. The lowest BCUT2D eigenvalue weighted by molar-refractivity contribution is -0.144. The number of nitrogens with zero attached hydrogens (tertiary/aromatic N) is 1. The maximum atomic E-state index is 11.9. The Morgan fingerprint density at radius 2 is 0.869 bits per heavy atom. The van der Waals surface area contributed by atoms with Gasteiger partial charge in [0.2, 0.25) is 0 Å². The molecule has 364 valence electrons. The summed E-state index contributed by atoms with van der Waals surface area (Å²) in [5.41, 5.74) is 0. The first-order valence-electron chi connectivity index (χ1n) is 23.4. The quantitative estimate of drug-likeness (QED) is 0.0256. The second-order valence-corrected chi connectivity index (χ2v) is 21.6. The Labute approximate surface area is 375 Å². The van der Waals surface area contributed by atoms with Crippen LogP contribution in [0.15, 0.2) is 0 Å². The maximum absolute atomic E-state index is 11.9. The molecule has 16 heteroatoms. The maximum Gasteiger partial charge on any atom is 0.500 e. The minimum Gasteiger partial charge on any atom is -0.466 e. The number of aliphatic hydroxyl groups excluding tert-OH is 2. The van der Waals surface area contributed by atoms with Crippen LogP contribution < -0.4 is 0 Å². The fourth-order valence-corrected chi connectivity index (χ4v) is 10.3. The number of hydrogen-bond donors (Lipinski definition) is 2. The molecule has 0 radical (unpaired) electrons. The molecule has 14 nitrogen and oxygen atoms in total. The van der Waals surface area contributed by atoms with Crippen molar-refractivity contribution in [1.29, 1.82) is 5.26 Å². The fraction of sp³-hybridized carbons (Fsp3) is 0.933. The SMILES string of the molecule is CCC(CCCCO)CCCCCO.CCCCCC(=O)OCCCCCC(CC)CCCCOC(=O)CCCC[Si](OC)(OC)OC.CO[Si](CCCOC#N)(OC)OC. The molecule has 0 aromatic rings. The zero-order valence-electron chi connectivity index (χ0n) is 40.4. The Kier molecular flexibility index (Phi) is 49.9. The molecule has 61 heavy (non-hydrogen) atoms. The molecule has 0 heterocycles. The lowest BCUT2D eigenvalue weighted by Gasteiger charge is -2.24. The number of unbranched alkanes of at least 4 members (excludes halogenated alkanes) is 9.